The summed E-state index contributed by atoms with van der Waals surface area (Å²) in [7, 11) is 0. The summed E-state index contributed by atoms with van der Waals surface area (Å²) in [5, 5.41) is 16.3. The molecule has 10 heteroatoms. The summed E-state index contributed by atoms with van der Waals surface area (Å²) in [4.78, 5) is 47.1. The van der Waals surface area contributed by atoms with Gasteiger partial charge in [0.25, 0.3) is 0 Å². The van der Waals surface area contributed by atoms with Crippen LogP contribution in [0.25, 0.3) is 0 Å². The largest absolute Gasteiger partial charge is 0.480 e. The first-order chi connectivity index (χ1) is 11.6. The van der Waals surface area contributed by atoms with Crippen LogP contribution >= 0.6 is 11.8 Å². The van der Waals surface area contributed by atoms with E-state index in [1.165, 1.54) is 18.7 Å². The standard InChI is InChI=1S/C15H28N4O5S/c1-8(2)12(19-11(20)7-16)14(22)18-10(5-6-25-4)13(21)17-9(3)15(23)24/h8-10,12H,5-7,16H2,1-4H3,(H,17,21)(H,18,22)(H,19,20)(H,23,24). The maximum atomic E-state index is 12.5. The topological polar surface area (TPSA) is 151 Å². The third-order valence-electron chi connectivity index (χ3n) is 3.42. The third-order valence-corrected chi connectivity index (χ3v) is 4.07. The van der Waals surface area contributed by atoms with Crippen molar-refractivity contribution in [2.45, 2.75) is 45.3 Å². The predicted molar refractivity (Wildman–Crippen MR) is 96.0 cm³/mol. The first-order valence-electron chi connectivity index (χ1n) is 7.95. The Morgan fingerprint density at radius 3 is 2.08 bits per heavy atom. The summed E-state index contributed by atoms with van der Waals surface area (Å²) in [6, 6.07) is -2.80. The molecule has 0 saturated heterocycles. The van der Waals surface area contributed by atoms with Crippen LogP contribution < -0.4 is 21.7 Å². The molecule has 0 radical (unpaired) electrons. The molecule has 9 nitrogen and oxygen atoms in total. The van der Waals surface area contributed by atoms with Crippen molar-refractivity contribution in [2.24, 2.45) is 11.7 Å². The maximum Gasteiger partial charge on any atom is 0.325 e. The number of carbonyl (C=O) groups excluding carboxylic acids is 3. The third kappa shape index (κ3) is 8.73. The lowest BCUT2D eigenvalue weighted by Crippen LogP contribution is -2.57. The molecule has 0 aliphatic carbocycles. The number of amides is 3. The van der Waals surface area contributed by atoms with Gasteiger partial charge in [0.2, 0.25) is 17.7 Å². The zero-order valence-corrected chi connectivity index (χ0v) is 15.8. The van der Waals surface area contributed by atoms with Crippen LogP contribution in [0.15, 0.2) is 0 Å². The summed E-state index contributed by atoms with van der Waals surface area (Å²) in [6.45, 7) is 4.60. The summed E-state index contributed by atoms with van der Waals surface area (Å²) in [5.41, 5.74) is 5.25. The van der Waals surface area contributed by atoms with Gasteiger partial charge in [-0.25, -0.2) is 0 Å². The second kappa shape index (κ2) is 11.7. The highest BCUT2D eigenvalue weighted by Crippen LogP contribution is 2.06. The molecule has 0 aromatic carbocycles. The predicted octanol–water partition coefficient (Wildman–Crippen LogP) is -1.09. The molecule has 0 bridgehead atoms. The lowest BCUT2D eigenvalue weighted by atomic mass is 10.0. The number of aliphatic carboxylic acids is 1. The number of thioether (sulfide) groups is 1. The lowest BCUT2D eigenvalue weighted by molar-refractivity contribution is -0.141. The van der Waals surface area contributed by atoms with E-state index in [0.717, 1.165) is 0 Å². The minimum atomic E-state index is -1.17. The second-order valence-electron chi connectivity index (χ2n) is 5.90. The Balaban J connectivity index is 5.07. The molecule has 0 aliphatic rings. The highest BCUT2D eigenvalue weighted by molar-refractivity contribution is 7.98. The monoisotopic (exact) mass is 376 g/mol. The summed E-state index contributed by atoms with van der Waals surface area (Å²) in [5.74, 6) is -2.35. The Labute approximate surface area is 151 Å². The van der Waals surface area contributed by atoms with Gasteiger partial charge >= 0.3 is 5.97 Å². The van der Waals surface area contributed by atoms with E-state index in [1.54, 1.807) is 13.8 Å². The molecule has 0 aromatic rings. The van der Waals surface area contributed by atoms with Crippen LogP contribution in [-0.4, -0.2) is 65.5 Å². The Kier molecular flexibility index (Phi) is 10.8. The van der Waals surface area contributed by atoms with E-state index < -0.39 is 41.8 Å². The molecule has 0 aromatic heterocycles. The van der Waals surface area contributed by atoms with Gasteiger partial charge in [-0.05, 0) is 31.3 Å². The Morgan fingerprint density at radius 2 is 1.64 bits per heavy atom. The van der Waals surface area contributed by atoms with E-state index in [0.29, 0.717) is 12.2 Å². The van der Waals surface area contributed by atoms with Crippen LogP contribution in [0.3, 0.4) is 0 Å². The minimum Gasteiger partial charge on any atom is -0.480 e. The van der Waals surface area contributed by atoms with Crippen LogP contribution in [0, 0.1) is 5.92 Å². The molecule has 0 heterocycles. The van der Waals surface area contributed by atoms with Crippen molar-refractivity contribution < 1.29 is 24.3 Å². The summed E-state index contributed by atoms with van der Waals surface area (Å²) >= 11 is 1.49. The van der Waals surface area contributed by atoms with Gasteiger partial charge in [-0.15, -0.1) is 0 Å². The van der Waals surface area contributed by atoms with E-state index in [9.17, 15) is 19.2 Å². The molecule has 3 unspecified atom stereocenters. The number of carbonyl (C=O) groups is 4. The molecule has 0 rings (SSSR count). The van der Waals surface area contributed by atoms with Crippen molar-refractivity contribution >= 4 is 35.5 Å². The first-order valence-corrected chi connectivity index (χ1v) is 9.35. The highest BCUT2D eigenvalue weighted by atomic mass is 32.2. The molecule has 3 amide bonds. The fraction of sp³-hybridized carbons (Fsp3) is 0.733. The molecule has 0 spiro atoms. The SMILES string of the molecule is CSCCC(NC(=O)C(NC(=O)CN)C(C)C)C(=O)NC(C)C(=O)O. The maximum absolute atomic E-state index is 12.5. The van der Waals surface area contributed by atoms with Crippen molar-refractivity contribution in [2.75, 3.05) is 18.6 Å². The quantitative estimate of drug-likeness (QED) is 0.307. The van der Waals surface area contributed by atoms with Gasteiger partial charge < -0.3 is 26.8 Å². The van der Waals surface area contributed by atoms with Crippen molar-refractivity contribution in [3.8, 4) is 0 Å². The molecule has 3 atom stereocenters. The molecular weight excluding hydrogens is 348 g/mol. The van der Waals surface area contributed by atoms with Crippen molar-refractivity contribution in [3.63, 3.8) is 0 Å². The van der Waals surface area contributed by atoms with E-state index in [1.807, 2.05) is 6.26 Å². The molecular formula is C15H28N4O5S. The van der Waals surface area contributed by atoms with Crippen molar-refractivity contribution in [1.82, 2.24) is 16.0 Å². The average molecular weight is 376 g/mol. The molecule has 0 aliphatic heterocycles. The van der Waals surface area contributed by atoms with Gasteiger partial charge in [-0.2, -0.15) is 11.8 Å². The highest BCUT2D eigenvalue weighted by Gasteiger charge is 2.29. The van der Waals surface area contributed by atoms with Crippen LogP contribution in [-0.2, 0) is 19.2 Å². The second-order valence-corrected chi connectivity index (χ2v) is 6.89. The molecule has 0 saturated carbocycles. The number of nitrogens with one attached hydrogen (secondary N) is 3. The average Bonchev–Trinajstić information content (AvgIpc) is 2.55. The Bertz CT molecular complexity index is 487. The summed E-state index contributed by atoms with van der Waals surface area (Å²) in [6.07, 6.45) is 2.19. The van der Waals surface area contributed by atoms with Crippen LogP contribution in [0.5, 0.6) is 0 Å². The zero-order valence-electron chi connectivity index (χ0n) is 15.0. The zero-order chi connectivity index (χ0) is 19.6. The van der Waals surface area contributed by atoms with E-state index >= 15 is 0 Å². The molecule has 6 N–H and O–H groups in total. The van der Waals surface area contributed by atoms with E-state index in [-0.39, 0.29) is 12.5 Å². The number of carboxylic acid groups (broad SMARTS) is 1. The fourth-order valence-electron chi connectivity index (χ4n) is 1.91. The van der Waals surface area contributed by atoms with Crippen LogP contribution in [0.1, 0.15) is 27.2 Å². The van der Waals surface area contributed by atoms with Crippen LogP contribution in [0.4, 0.5) is 0 Å². The van der Waals surface area contributed by atoms with E-state index in [4.69, 9.17) is 10.8 Å². The van der Waals surface area contributed by atoms with Gasteiger partial charge in [0.1, 0.15) is 18.1 Å². The summed E-state index contributed by atoms with van der Waals surface area (Å²) < 4.78 is 0. The fourth-order valence-corrected chi connectivity index (χ4v) is 2.38. The Morgan fingerprint density at radius 1 is 1.04 bits per heavy atom. The van der Waals surface area contributed by atoms with Gasteiger partial charge in [-0.3, -0.25) is 19.2 Å². The van der Waals surface area contributed by atoms with Gasteiger partial charge in [-0.1, -0.05) is 13.8 Å². The molecule has 25 heavy (non-hydrogen) atoms. The van der Waals surface area contributed by atoms with E-state index in [2.05, 4.69) is 16.0 Å². The first kappa shape index (κ1) is 23.2. The number of carboxylic acids is 1. The number of nitrogens with two attached hydrogens (primary N) is 1. The number of hydrogen-bond donors (Lipinski definition) is 5. The smallest absolute Gasteiger partial charge is 0.325 e. The van der Waals surface area contributed by atoms with Crippen LogP contribution in [0.2, 0.25) is 0 Å². The number of hydrogen-bond acceptors (Lipinski definition) is 6. The normalized spacial score (nSPS) is 14.3. The van der Waals surface area contributed by atoms with Gasteiger partial charge in [0, 0.05) is 0 Å². The van der Waals surface area contributed by atoms with Crippen molar-refractivity contribution in [1.29, 1.82) is 0 Å². The van der Waals surface area contributed by atoms with Crippen molar-refractivity contribution in [3.05, 3.63) is 0 Å². The number of rotatable bonds is 11. The molecule has 0 fully saturated rings. The minimum absolute atomic E-state index is 0.210. The lowest BCUT2D eigenvalue weighted by Gasteiger charge is -2.25. The molecule has 144 valence electrons. The van der Waals surface area contributed by atoms with Gasteiger partial charge in [0.15, 0.2) is 0 Å². The Hall–Kier alpha value is -1.81. The van der Waals surface area contributed by atoms with Gasteiger partial charge in [0.05, 0.1) is 6.54 Å².